The quantitative estimate of drug-likeness (QED) is 0.170. The van der Waals surface area contributed by atoms with E-state index in [-0.39, 0.29) is 24.8 Å². The van der Waals surface area contributed by atoms with Crippen LogP contribution >= 0.6 is 7.75 Å². The second-order valence-corrected chi connectivity index (χ2v) is 11.7. The number of benzene rings is 2. The molecule has 4 N–H and O–H groups in total. The Bertz CT molecular complexity index is 1610. The number of fused-ring (bicyclic) bond motifs is 3. The molecule has 0 saturated carbocycles. The van der Waals surface area contributed by atoms with Gasteiger partial charge in [0.1, 0.15) is 48.1 Å². The predicted octanol–water partition coefficient (Wildman–Crippen LogP) is 2.36. The van der Waals surface area contributed by atoms with Gasteiger partial charge in [-0.15, -0.1) is 0 Å². The lowest BCUT2D eigenvalue weighted by atomic mass is 10.0. The number of hydrogen-bond acceptors (Lipinski definition) is 12. The predicted molar refractivity (Wildman–Crippen MR) is 148 cm³/mol. The SMILES string of the molecule is C[C@H](NP(=O)(OC[C@@]12CO[C@@H]([C@H](n3cnc4c(N)ncnc43)O1)[C@@H]2O)Oc1ccccc1)C(=O)OCc1ccccc1. The minimum absolute atomic E-state index is 0.0408. The summed E-state index contributed by atoms with van der Waals surface area (Å²) in [5.41, 5.74) is 6.08. The fraction of sp³-hybridized carbons (Fsp3) is 0.333. The van der Waals surface area contributed by atoms with Gasteiger partial charge in [0.2, 0.25) is 0 Å². The van der Waals surface area contributed by atoms with Gasteiger partial charge < -0.3 is 29.6 Å². The molecule has 6 rings (SSSR count). The molecule has 2 aromatic carbocycles. The van der Waals surface area contributed by atoms with Crippen LogP contribution in [0.15, 0.2) is 73.3 Å². The third-order valence-electron chi connectivity index (χ3n) is 7.04. The van der Waals surface area contributed by atoms with Crippen molar-refractivity contribution >= 4 is 30.7 Å². The Morgan fingerprint density at radius 1 is 1.19 bits per heavy atom. The zero-order chi connectivity index (χ0) is 29.3. The summed E-state index contributed by atoms with van der Waals surface area (Å²) in [6, 6.07) is 16.5. The number of anilines is 1. The third kappa shape index (κ3) is 5.48. The molecule has 2 saturated heterocycles. The van der Waals surface area contributed by atoms with Gasteiger partial charge >= 0.3 is 13.7 Å². The Morgan fingerprint density at radius 2 is 1.93 bits per heavy atom. The molecule has 2 aliphatic heterocycles. The van der Waals surface area contributed by atoms with Gasteiger partial charge in [0, 0.05) is 0 Å². The van der Waals surface area contributed by atoms with E-state index in [0.717, 1.165) is 5.56 Å². The molecule has 0 spiro atoms. The fourth-order valence-corrected chi connectivity index (χ4v) is 6.39. The van der Waals surface area contributed by atoms with Gasteiger partial charge in [-0.25, -0.2) is 19.5 Å². The molecule has 4 aromatic rings. The van der Waals surface area contributed by atoms with E-state index < -0.39 is 50.4 Å². The molecule has 6 atom stereocenters. The number of nitrogen functional groups attached to an aromatic ring is 1. The van der Waals surface area contributed by atoms with Crippen LogP contribution in [0.1, 0.15) is 18.7 Å². The highest BCUT2D eigenvalue weighted by Crippen LogP contribution is 2.50. The fourth-order valence-electron chi connectivity index (χ4n) is 4.84. The number of carbonyl (C=O) groups is 1. The molecule has 0 radical (unpaired) electrons. The number of hydrogen-bond donors (Lipinski definition) is 3. The maximum atomic E-state index is 14.0. The standard InChI is InChI=1S/C27H29N6O8P/c1-17(26(35)37-12-18-8-4-2-5-9-18)32-42(36,41-19-10-6-3-7-11-19)39-14-27-13-38-21(22(27)34)25(40-27)33-16-31-20-23(28)29-15-30-24(20)33/h2-11,15-17,21-22,25,34H,12-14H2,1H3,(H,32,36)(H2,28,29,30)/t17-,21+,22-,25+,27+,42?/m0/s1. The largest absolute Gasteiger partial charge is 0.460 e. The highest BCUT2D eigenvalue weighted by molar-refractivity contribution is 7.52. The van der Waals surface area contributed by atoms with Crippen molar-refractivity contribution in [3.05, 3.63) is 78.9 Å². The number of carbonyl (C=O) groups excluding carboxylic acids is 1. The van der Waals surface area contributed by atoms with Gasteiger partial charge in [-0.05, 0) is 24.6 Å². The summed E-state index contributed by atoms with van der Waals surface area (Å²) < 4.78 is 44.7. The zero-order valence-corrected chi connectivity index (χ0v) is 23.4. The van der Waals surface area contributed by atoms with Crippen molar-refractivity contribution in [2.45, 2.75) is 43.6 Å². The second kappa shape index (κ2) is 11.4. The van der Waals surface area contributed by atoms with Crippen molar-refractivity contribution in [3.63, 3.8) is 0 Å². The van der Waals surface area contributed by atoms with Gasteiger partial charge in [-0.2, -0.15) is 5.09 Å². The first-order valence-electron chi connectivity index (χ1n) is 13.1. The third-order valence-corrected chi connectivity index (χ3v) is 8.67. The molecule has 14 nitrogen and oxygen atoms in total. The summed E-state index contributed by atoms with van der Waals surface area (Å²) in [6.45, 7) is 1.09. The molecular formula is C27H29N6O8P. The summed E-state index contributed by atoms with van der Waals surface area (Å²) >= 11 is 0. The van der Waals surface area contributed by atoms with E-state index in [1.165, 1.54) is 19.6 Å². The van der Waals surface area contributed by atoms with E-state index in [4.69, 9.17) is 29.0 Å². The van der Waals surface area contributed by atoms with Crippen LogP contribution in [0.3, 0.4) is 0 Å². The van der Waals surface area contributed by atoms with Crippen molar-refractivity contribution in [1.82, 2.24) is 24.6 Å². The van der Waals surface area contributed by atoms with Crippen molar-refractivity contribution in [2.75, 3.05) is 18.9 Å². The number of ether oxygens (including phenoxy) is 3. The summed E-state index contributed by atoms with van der Waals surface area (Å²) in [6.07, 6.45) is -0.00648. The molecular weight excluding hydrogens is 567 g/mol. The van der Waals surface area contributed by atoms with Gasteiger partial charge in [0.15, 0.2) is 17.7 Å². The lowest BCUT2D eigenvalue weighted by Gasteiger charge is -2.32. The number of rotatable bonds is 11. The van der Waals surface area contributed by atoms with Gasteiger partial charge in [0.25, 0.3) is 0 Å². The molecule has 220 valence electrons. The maximum Gasteiger partial charge on any atom is 0.459 e. The minimum Gasteiger partial charge on any atom is -0.460 e. The Hall–Kier alpha value is -3.91. The van der Waals surface area contributed by atoms with Crippen molar-refractivity contribution < 1.29 is 37.7 Å². The van der Waals surface area contributed by atoms with Crippen LogP contribution in [0.4, 0.5) is 5.82 Å². The second-order valence-electron chi connectivity index (χ2n) is 10.00. The van der Waals surface area contributed by atoms with E-state index in [1.807, 2.05) is 30.3 Å². The number of aromatic nitrogens is 4. The normalized spacial score (nSPS) is 25.2. The highest BCUT2D eigenvalue weighted by atomic mass is 31.2. The van der Waals surface area contributed by atoms with E-state index in [9.17, 15) is 14.5 Å². The van der Waals surface area contributed by atoms with E-state index in [0.29, 0.717) is 11.2 Å². The topological polar surface area (TPSA) is 182 Å². The van der Waals surface area contributed by atoms with Gasteiger partial charge in [0.05, 0.1) is 19.5 Å². The summed E-state index contributed by atoms with van der Waals surface area (Å²) in [4.78, 5) is 25.2. The number of aliphatic hydroxyl groups excluding tert-OH is 1. The zero-order valence-electron chi connectivity index (χ0n) is 22.5. The molecule has 2 aromatic heterocycles. The Kier molecular flexibility index (Phi) is 7.66. The number of nitrogens with one attached hydrogen (secondary N) is 1. The average Bonchev–Trinajstić information content (AvgIpc) is 3.65. The molecule has 2 aliphatic rings. The summed E-state index contributed by atoms with van der Waals surface area (Å²) in [5.74, 6) is -0.223. The van der Waals surface area contributed by atoms with Crippen LogP contribution in [0.5, 0.6) is 5.75 Å². The summed E-state index contributed by atoms with van der Waals surface area (Å²) in [5, 5.41) is 13.8. The van der Waals surface area contributed by atoms with E-state index >= 15 is 0 Å². The number of aliphatic hydroxyl groups is 1. The first kappa shape index (κ1) is 28.2. The number of nitrogens with zero attached hydrogens (tertiary/aromatic N) is 4. The minimum atomic E-state index is -4.24. The van der Waals surface area contributed by atoms with Crippen molar-refractivity contribution in [2.24, 2.45) is 0 Å². The smallest absolute Gasteiger partial charge is 0.459 e. The van der Waals surface area contributed by atoms with Crippen LogP contribution in [-0.4, -0.2) is 67.7 Å². The molecule has 2 bridgehead atoms. The van der Waals surface area contributed by atoms with Crippen LogP contribution in [0.2, 0.25) is 0 Å². The van der Waals surface area contributed by atoms with Crippen LogP contribution in [-0.2, 0) is 34.7 Å². The molecule has 1 unspecified atom stereocenters. The monoisotopic (exact) mass is 596 g/mol. The molecule has 4 heterocycles. The molecule has 0 amide bonds. The Labute approximate surface area is 240 Å². The number of nitrogens with two attached hydrogens (primary N) is 1. The molecule has 42 heavy (non-hydrogen) atoms. The Balaban J connectivity index is 1.18. The first-order valence-corrected chi connectivity index (χ1v) is 14.7. The van der Waals surface area contributed by atoms with Gasteiger partial charge in [-0.1, -0.05) is 48.5 Å². The molecule has 15 heteroatoms. The van der Waals surface area contributed by atoms with E-state index in [1.54, 1.807) is 34.9 Å². The van der Waals surface area contributed by atoms with Crippen LogP contribution in [0, 0.1) is 0 Å². The van der Waals surface area contributed by atoms with Crippen molar-refractivity contribution in [3.8, 4) is 5.75 Å². The van der Waals surface area contributed by atoms with Crippen LogP contribution < -0.4 is 15.3 Å². The summed E-state index contributed by atoms with van der Waals surface area (Å²) in [7, 11) is -4.24. The lowest BCUT2D eigenvalue weighted by Crippen LogP contribution is -2.45. The Morgan fingerprint density at radius 3 is 2.69 bits per heavy atom. The van der Waals surface area contributed by atoms with Gasteiger partial charge in [-0.3, -0.25) is 13.9 Å². The lowest BCUT2D eigenvalue weighted by molar-refractivity contribution is -0.183. The number of para-hydroxylation sites is 1. The van der Waals surface area contributed by atoms with Crippen molar-refractivity contribution in [1.29, 1.82) is 0 Å². The maximum absolute atomic E-state index is 14.0. The average molecular weight is 597 g/mol. The number of imidazole rings is 1. The van der Waals surface area contributed by atoms with E-state index in [2.05, 4.69) is 20.0 Å². The number of esters is 1. The van der Waals surface area contributed by atoms with Crippen LogP contribution in [0.25, 0.3) is 11.2 Å². The molecule has 2 fully saturated rings. The molecule has 0 aliphatic carbocycles. The first-order chi connectivity index (χ1) is 20.3. The highest BCUT2D eigenvalue weighted by Gasteiger charge is 2.63.